The van der Waals surface area contributed by atoms with Gasteiger partial charge in [-0.15, -0.1) is 0 Å². The van der Waals surface area contributed by atoms with Gasteiger partial charge in [0.15, 0.2) is 23.1 Å². The van der Waals surface area contributed by atoms with Gasteiger partial charge in [0.1, 0.15) is 6.61 Å². The molecule has 0 saturated carbocycles. The molecule has 0 fully saturated rings. The molecular formula is C26H29ClO8. The highest BCUT2D eigenvalue weighted by atomic mass is 35.5. The number of carbonyl (C=O) groups excluding carboxylic acids is 4. The molecule has 0 aliphatic heterocycles. The van der Waals surface area contributed by atoms with Gasteiger partial charge >= 0.3 is 11.9 Å². The predicted octanol–water partition coefficient (Wildman–Crippen LogP) is 5.78. The van der Waals surface area contributed by atoms with Crippen molar-refractivity contribution in [2.24, 2.45) is 0 Å². The van der Waals surface area contributed by atoms with Gasteiger partial charge in [-0.05, 0) is 25.3 Å². The van der Waals surface area contributed by atoms with Gasteiger partial charge in [-0.1, -0.05) is 50.6 Å². The number of ether oxygens (including phenoxy) is 2. The van der Waals surface area contributed by atoms with Crippen molar-refractivity contribution in [1.82, 2.24) is 0 Å². The van der Waals surface area contributed by atoms with Crippen LogP contribution < -0.4 is 4.74 Å². The smallest absolute Gasteiger partial charge is 0.340 e. The number of phenols is 2. The topological polar surface area (TPSA) is 127 Å². The summed E-state index contributed by atoms with van der Waals surface area (Å²) in [6.45, 7) is 4.88. The monoisotopic (exact) mass is 504 g/mol. The first-order valence-corrected chi connectivity index (χ1v) is 11.8. The number of rotatable bonds is 12. The standard InChI is InChI=1S/C26H29ClO8/c1-4-9-17(28)20-22(26(33)34-14-15-12-7-8-13-16(15)27)21(18(29)10-5-2)25(24(32)23(20)31)35-19(30)11-6-3/h7-8,12-13,31-32H,4-6,9-11,14H2,1-3H3. The molecular weight excluding hydrogens is 476 g/mol. The van der Waals surface area contributed by atoms with E-state index < -0.39 is 57.4 Å². The second kappa shape index (κ2) is 12.9. The third-order valence-corrected chi connectivity index (χ3v) is 5.47. The highest BCUT2D eigenvalue weighted by molar-refractivity contribution is 6.31. The molecule has 0 unspecified atom stereocenters. The van der Waals surface area contributed by atoms with Gasteiger partial charge in [-0.25, -0.2) is 4.79 Å². The van der Waals surface area contributed by atoms with Crippen LogP contribution in [0, 0.1) is 0 Å². The maximum Gasteiger partial charge on any atom is 0.340 e. The number of phenolic OH excluding ortho intramolecular Hbond substituents is 2. The van der Waals surface area contributed by atoms with Crippen LogP contribution in [0.2, 0.25) is 5.02 Å². The lowest BCUT2D eigenvalue weighted by atomic mass is 9.90. The van der Waals surface area contributed by atoms with Crippen molar-refractivity contribution < 1.29 is 38.9 Å². The Kier molecular flexibility index (Phi) is 10.3. The van der Waals surface area contributed by atoms with E-state index in [2.05, 4.69) is 0 Å². The summed E-state index contributed by atoms with van der Waals surface area (Å²) in [6.07, 6.45) is 0.977. The summed E-state index contributed by atoms with van der Waals surface area (Å²) in [5, 5.41) is 21.7. The van der Waals surface area contributed by atoms with E-state index in [-0.39, 0.29) is 25.9 Å². The summed E-state index contributed by atoms with van der Waals surface area (Å²) in [6, 6.07) is 6.63. The Morgan fingerprint density at radius 1 is 0.800 bits per heavy atom. The highest BCUT2D eigenvalue weighted by Gasteiger charge is 2.36. The number of hydrogen-bond acceptors (Lipinski definition) is 8. The van der Waals surface area contributed by atoms with Crippen molar-refractivity contribution in [2.45, 2.75) is 65.9 Å². The van der Waals surface area contributed by atoms with Crippen LogP contribution in [0.3, 0.4) is 0 Å². The Morgan fingerprint density at radius 3 is 1.94 bits per heavy atom. The minimum Gasteiger partial charge on any atom is -0.504 e. The van der Waals surface area contributed by atoms with Crippen LogP contribution in [0.5, 0.6) is 17.2 Å². The second-order valence-corrected chi connectivity index (χ2v) is 8.30. The minimum absolute atomic E-state index is 0.0373. The molecule has 2 rings (SSSR count). The van der Waals surface area contributed by atoms with E-state index in [1.807, 2.05) is 0 Å². The van der Waals surface area contributed by atoms with Crippen LogP contribution >= 0.6 is 11.6 Å². The summed E-state index contributed by atoms with van der Waals surface area (Å²) in [4.78, 5) is 51.6. The first-order chi connectivity index (χ1) is 16.7. The van der Waals surface area contributed by atoms with E-state index in [1.165, 1.54) is 0 Å². The van der Waals surface area contributed by atoms with E-state index >= 15 is 0 Å². The van der Waals surface area contributed by atoms with Gasteiger partial charge in [0.2, 0.25) is 5.75 Å². The van der Waals surface area contributed by atoms with Gasteiger partial charge < -0.3 is 19.7 Å². The Bertz CT molecular complexity index is 1120. The van der Waals surface area contributed by atoms with Crippen LogP contribution in [-0.2, 0) is 16.1 Å². The van der Waals surface area contributed by atoms with E-state index in [0.717, 1.165) is 0 Å². The molecule has 188 valence electrons. The quantitative estimate of drug-likeness (QED) is 0.161. The molecule has 35 heavy (non-hydrogen) atoms. The number of carbonyl (C=O) groups is 4. The third kappa shape index (κ3) is 6.60. The van der Waals surface area contributed by atoms with Gasteiger partial charge in [-0.2, -0.15) is 0 Å². The van der Waals surface area contributed by atoms with Crippen molar-refractivity contribution >= 4 is 35.1 Å². The number of benzene rings is 2. The van der Waals surface area contributed by atoms with E-state index in [9.17, 15) is 29.4 Å². The summed E-state index contributed by atoms with van der Waals surface area (Å²) in [7, 11) is 0. The molecule has 2 aromatic carbocycles. The fraction of sp³-hybridized carbons (Fsp3) is 0.385. The first kappa shape index (κ1) is 27.9. The zero-order valence-corrected chi connectivity index (χ0v) is 20.7. The Labute approximate surface area is 208 Å². The van der Waals surface area contributed by atoms with Gasteiger partial charge in [0.25, 0.3) is 0 Å². The zero-order valence-electron chi connectivity index (χ0n) is 20.0. The molecule has 8 nitrogen and oxygen atoms in total. The Morgan fingerprint density at radius 2 is 1.37 bits per heavy atom. The molecule has 0 radical (unpaired) electrons. The average molecular weight is 505 g/mol. The van der Waals surface area contributed by atoms with Crippen molar-refractivity contribution in [2.75, 3.05) is 0 Å². The minimum atomic E-state index is -1.10. The largest absolute Gasteiger partial charge is 0.504 e. The van der Waals surface area contributed by atoms with Crippen LogP contribution in [0.15, 0.2) is 24.3 Å². The lowest BCUT2D eigenvalue weighted by molar-refractivity contribution is -0.134. The van der Waals surface area contributed by atoms with Crippen molar-refractivity contribution in [3.63, 3.8) is 0 Å². The maximum atomic E-state index is 13.3. The SMILES string of the molecule is CCCC(=O)Oc1c(O)c(O)c(C(=O)CCC)c(C(=O)OCc2ccccc2Cl)c1C(=O)CCC. The Balaban J connectivity index is 2.76. The molecule has 0 atom stereocenters. The third-order valence-electron chi connectivity index (χ3n) is 5.11. The fourth-order valence-corrected chi connectivity index (χ4v) is 3.64. The highest BCUT2D eigenvalue weighted by Crippen LogP contribution is 2.46. The maximum absolute atomic E-state index is 13.3. The number of aromatic hydroxyl groups is 2. The van der Waals surface area contributed by atoms with Crippen molar-refractivity contribution in [3.8, 4) is 17.2 Å². The summed E-state index contributed by atoms with van der Waals surface area (Å²) >= 11 is 6.13. The van der Waals surface area contributed by atoms with Crippen molar-refractivity contribution in [1.29, 1.82) is 0 Å². The van der Waals surface area contributed by atoms with Crippen LogP contribution in [0.4, 0.5) is 0 Å². The first-order valence-electron chi connectivity index (χ1n) is 11.5. The van der Waals surface area contributed by atoms with Gasteiger partial charge in [-0.3, -0.25) is 14.4 Å². The van der Waals surface area contributed by atoms with Crippen LogP contribution in [0.25, 0.3) is 0 Å². The van der Waals surface area contributed by atoms with Crippen LogP contribution in [-0.4, -0.2) is 33.7 Å². The van der Waals surface area contributed by atoms with E-state index in [4.69, 9.17) is 21.1 Å². The molecule has 0 aliphatic rings. The molecule has 9 heteroatoms. The summed E-state index contributed by atoms with van der Waals surface area (Å²) < 4.78 is 10.6. The molecule has 0 heterocycles. The van der Waals surface area contributed by atoms with Gasteiger partial charge in [0, 0.05) is 29.8 Å². The second-order valence-electron chi connectivity index (χ2n) is 7.89. The lowest BCUT2D eigenvalue weighted by Crippen LogP contribution is -2.20. The lowest BCUT2D eigenvalue weighted by Gasteiger charge is -2.19. The average Bonchev–Trinajstić information content (AvgIpc) is 2.81. The zero-order chi connectivity index (χ0) is 26.1. The van der Waals surface area contributed by atoms with Crippen molar-refractivity contribution in [3.05, 3.63) is 51.5 Å². The molecule has 0 spiro atoms. The molecule has 2 aromatic rings. The molecule has 2 N–H and O–H groups in total. The number of Topliss-reactive ketones (excluding diaryl/α,β-unsaturated/α-hetero) is 2. The molecule has 0 aliphatic carbocycles. The summed E-state index contributed by atoms with van der Waals surface area (Å²) in [5.41, 5.74) is -1.11. The van der Waals surface area contributed by atoms with E-state index in [0.29, 0.717) is 29.8 Å². The Hall–Kier alpha value is -3.39. The normalized spacial score (nSPS) is 10.6. The number of hydrogen-bond donors (Lipinski definition) is 2. The van der Waals surface area contributed by atoms with Crippen LogP contribution in [0.1, 0.15) is 95.9 Å². The molecule has 0 bridgehead atoms. The number of esters is 2. The fourth-order valence-electron chi connectivity index (χ4n) is 3.45. The van der Waals surface area contributed by atoms with E-state index in [1.54, 1.807) is 45.0 Å². The number of ketones is 2. The molecule has 0 aromatic heterocycles. The molecule has 0 amide bonds. The predicted molar refractivity (Wildman–Crippen MR) is 129 cm³/mol. The molecule has 0 saturated heterocycles. The summed E-state index contributed by atoms with van der Waals surface area (Å²) in [5.74, 6) is -5.81. The number of halogens is 1. The van der Waals surface area contributed by atoms with Gasteiger partial charge in [0.05, 0.1) is 16.7 Å².